The largest absolute Gasteiger partial charge is 0.487 e. The number of nitrogens with zero attached hydrogens (tertiary/aromatic N) is 1. The molecule has 0 aromatic heterocycles. The summed E-state index contributed by atoms with van der Waals surface area (Å²) in [5.41, 5.74) is 0.869. The van der Waals surface area contributed by atoms with Crippen molar-refractivity contribution < 1.29 is 19.2 Å². The molecule has 1 aliphatic rings. The SMILES string of the molecule is CCOc1ccc(C(=O)Nc2ccc(C(=O)NC3CC3)cc2)cc1[N+](=O)[O-]. The first-order valence-electron chi connectivity index (χ1n) is 8.61. The van der Waals surface area contributed by atoms with Crippen molar-refractivity contribution in [3.63, 3.8) is 0 Å². The molecule has 2 aromatic carbocycles. The minimum absolute atomic E-state index is 0.116. The third-order valence-corrected chi connectivity index (χ3v) is 4.04. The molecule has 8 heteroatoms. The van der Waals surface area contributed by atoms with Crippen molar-refractivity contribution in [2.75, 3.05) is 11.9 Å². The summed E-state index contributed by atoms with van der Waals surface area (Å²) in [4.78, 5) is 34.9. The molecule has 1 fully saturated rings. The van der Waals surface area contributed by atoms with Crippen LogP contribution in [0.2, 0.25) is 0 Å². The zero-order valence-corrected chi connectivity index (χ0v) is 14.7. The molecular formula is C19H19N3O5. The molecule has 3 rings (SSSR count). The van der Waals surface area contributed by atoms with E-state index in [0.717, 1.165) is 12.8 Å². The van der Waals surface area contributed by atoms with Crippen LogP contribution in [0.4, 0.5) is 11.4 Å². The number of nitro groups is 1. The van der Waals surface area contributed by atoms with Crippen LogP contribution in [0.5, 0.6) is 5.75 Å². The number of nitrogens with one attached hydrogen (secondary N) is 2. The Kier molecular flexibility index (Phi) is 5.35. The third kappa shape index (κ3) is 4.60. The van der Waals surface area contributed by atoms with Gasteiger partial charge in [-0.3, -0.25) is 19.7 Å². The number of rotatable bonds is 7. The van der Waals surface area contributed by atoms with Crippen LogP contribution in [0.1, 0.15) is 40.5 Å². The maximum absolute atomic E-state index is 12.4. The van der Waals surface area contributed by atoms with Crippen molar-refractivity contribution in [3.05, 3.63) is 63.7 Å². The number of amides is 2. The third-order valence-electron chi connectivity index (χ3n) is 4.04. The van der Waals surface area contributed by atoms with E-state index < -0.39 is 10.8 Å². The van der Waals surface area contributed by atoms with Crippen molar-refractivity contribution >= 4 is 23.2 Å². The highest BCUT2D eigenvalue weighted by atomic mass is 16.6. The van der Waals surface area contributed by atoms with E-state index in [4.69, 9.17) is 4.74 Å². The lowest BCUT2D eigenvalue weighted by atomic mass is 10.1. The maximum Gasteiger partial charge on any atom is 0.311 e. The second kappa shape index (κ2) is 7.86. The van der Waals surface area contributed by atoms with Gasteiger partial charge in [-0.2, -0.15) is 0 Å². The summed E-state index contributed by atoms with van der Waals surface area (Å²) >= 11 is 0. The molecule has 2 N–H and O–H groups in total. The van der Waals surface area contributed by atoms with Gasteiger partial charge in [-0.15, -0.1) is 0 Å². The standard InChI is InChI=1S/C19H19N3O5/c1-2-27-17-10-5-13(11-16(17)22(25)26)19(24)21-14-6-3-12(4-7-14)18(23)20-15-8-9-15/h3-7,10-11,15H,2,8-9H2,1H3,(H,20,23)(H,21,24). The smallest absolute Gasteiger partial charge is 0.311 e. The van der Waals surface area contributed by atoms with Crippen molar-refractivity contribution in [1.82, 2.24) is 5.32 Å². The lowest BCUT2D eigenvalue weighted by Crippen LogP contribution is -2.25. The number of benzene rings is 2. The molecule has 0 spiro atoms. The fraction of sp³-hybridized carbons (Fsp3) is 0.263. The topological polar surface area (TPSA) is 111 Å². The van der Waals surface area contributed by atoms with Gasteiger partial charge in [0.1, 0.15) is 0 Å². The van der Waals surface area contributed by atoms with Crippen LogP contribution in [-0.4, -0.2) is 29.4 Å². The molecule has 1 aliphatic carbocycles. The molecule has 0 unspecified atom stereocenters. The van der Waals surface area contributed by atoms with Gasteiger partial charge < -0.3 is 15.4 Å². The summed E-state index contributed by atoms with van der Waals surface area (Å²) in [5.74, 6) is -0.515. The summed E-state index contributed by atoms with van der Waals surface area (Å²) in [6, 6.07) is 10.8. The monoisotopic (exact) mass is 369 g/mol. The average molecular weight is 369 g/mol. The fourth-order valence-corrected chi connectivity index (χ4v) is 2.48. The zero-order valence-electron chi connectivity index (χ0n) is 14.7. The van der Waals surface area contributed by atoms with E-state index in [1.807, 2.05) is 0 Å². The van der Waals surface area contributed by atoms with Gasteiger partial charge in [-0.25, -0.2) is 0 Å². The molecule has 2 amide bonds. The summed E-state index contributed by atoms with van der Waals surface area (Å²) in [7, 11) is 0. The minimum Gasteiger partial charge on any atom is -0.487 e. The molecule has 2 aromatic rings. The van der Waals surface area contributed by atoms with Crippen LogP contribution in [0.15, 0.2) is 42.5 Å². The number of ether oxygens (including phenoxy) is 1. The summed E-state index contributed by atoms with van der Waals surface area (Å²) in [6.45, 7) is 2.01. The second-order valence-corrected chi connectivity index (χ2v) is 6.15. The quantitative estimate of drug-likeness (QED) is 0.575. The van der Waals surface area contributed by atoms with Crippen LogP contribution in [0.3, 0.4) is 0 Å². The fourth-order valence-electron chi connectivity index (χ4n) is 2.48. The van der Waals surface area contributed by atoms with Gasteiger partial charge in [0.25, 0.3) is 11.8 Å². The van der Waals surface area contributed by atoms with Crippen LogP contribution < -0.4 is 15.4 Å². The van der Waals surface area contributed by atoms with Crippen LogP contribution >= 0.6 is 0 Å². The molecule has 0 atom stereocenters. The number of carbonyl (C=O) groups is 2. The average Bonchev–Trinajstić information content (AvgIpc) is 3.46. The first kappa shape index (κ1) is 18.4. The van der Waals surface area contributed by atoms with Crippen molar-refractivity contribution in [2.45, 2.75) is 25.8 Å². The van der Waals surface area contributed by atoms with E-state index in [1.54, 1.807) is 31.2 Å². The lowest BCUT2D eigenvalue weighted by molar-refractivity contribution is -0.385. The van der Waals surface area contributed by atoms with E-state index >= 15 is 0 Å². The molecule has 8 nitrogen and oxygen atoms in total. The first-order valence-corrected chi connectivity index (χ1v) is 8.61. The van der Waals surface area contributed by atoms with Crippen molar-refractivity contribution in [2.24, 2.45) is 0 Å². The van der Waals surface area contributed by atoms with Gasteiger partial charge in [0, 0.05) is 28.9 Å². The van der Waals surface area contributed by atoms with Crippen LogP contribution in [0, 0.1) is 10.1 Å². The normalized spacial score (nSPS) is 12.9. The lowest BCUT2D eigenvalue weighted by Gasteiger charge is -2.09. The number of hydrogen-bond donors (Lipinski definition) is 2. The highest BCUT2D eigenvalue weighted by molar-refractivity contribution is 6.05. The second-order valence-electron chi connectivity index (χ2n) is 6.15. The van der Waals surface area contributed by atoms with E-state index in [-0.39, 0.29) is 35.6 Å². The van der Waals surface area contributed by atoms with Crippen LogP contribution in [0.25, 0.3) is 0 Å². The van der Waals surface area contributed by atoms with Gasteiger partial charge in [0.15, 0.2) is 5.75 Å². The Morgan fingerprint density at radius 2 is 1.78 bits per heavy atom. The summed E-state index contributed by atoms with van der Waals surface area (Å²) in [6.07, 6.45) is 2.02. The molecule has 140 valence electrons. The highest BCUT2D eigenvalue weighted by Gasteiger charge is 2.23. The Hall–Kier alpha value is -3.42. The summed E-state index contributed by atoms with van der Waals surface area (Å²) < 4.78 is 5.21. The highest BCUT2D eigenvalue weighted by Crippen LogP contribution is 2.28. The van der Waals surface area contributed by atoms with Gasteiger partial charge in [-0.1, -0.05) is 0 Å². The van der Waals surface area contributed by atoms with Gasteiger partial charge in [-0.05, 0) is 56.2 Å². The molecule has 0 bridgehead atoms. The number of carbonyl (C=O) groups excluding carboxylic acids is 2. The van der Waals surface area contributed by atoms with Gasteiger partial charge in [0.05, 0.1) is 11.5 Å². The Balaban J connectivity index is 1.70. The molecule has 0 heterocycles. The van der Waals surface area contributed by atoms with E-state index in [9.17, 15) is 19.7 Å². The molecule has 0 radical (unpaired) electrons. The Morgan fingerprint density at radius 3 is 2.37 bits per heavy atom. The molecular weight excluding hydrogens is 350 g/mol. The summed E-state index contributed by atoms with van der Waals surface area (Å²) in [5, 5.41) is 16.7. The van der Waals surface area contributed by atoms with Crippen molar-refractivity contribution in [1.29, 1.82) is 0 Å². The zero-order chi connectivity index (χ0) is 19.4. The van der Waals surface area contributed by atoms with Crippen molar-refractivity contribution in [3.8, 4) is 5.75 Å². The predicted octanol–water partition coefficient (Wildman–Crippen LogP) is 3.14. The minimum atomic E-state index is -0.588. The Bertz CT molecular complexity index is 875. The van der Waals surface area contributed by atoms with Crippen LogP contribution in [-0.2, 0) is 0 Å². The number of hydrogen-bond acceptors (Lipinski definition) is 5. The molecule has 0 saturated heterocycles. The Morgan fingerprint density at radius 1 is 1.11 bits per heavy atom. The van der Waals surface area contributed by atoms with E-state index in [0.29, 0.717) is 11.3 Å². The first-order chi connectivity index (χ1) is 13.0. The number of nitro benzene ring substituents is 1. The molecule has 1 saturated carbocycles. The number of anilines is 1. The Labute approximate surface area is 155 Å². The van der Waals surface area contributed by atoms with E-state index in [2.05, 4.69) is 10.6 Å². The molecule has 0 aliphatic heterocycles. The van der Waals surface area contributed by atoms with Gasteiger partial charge >= 0.3 is 5.69 Å². The maximum atomic E-state index is 12.4. The van der Waals surface area contributed by atoms with Gasteiger partial charge in [0.2, 0.25) is 0 Å². The molecule has 27 heavy (non-hydrogen) atoms. The van der Waals surface area contributed by atoms with E-state index in [1.165, 1.54) is 18.2 Å². The predicted molar refractivity (Wildman–Crippen MR) is 99.1 cm³/mol.